The van der Waals surface area contributed by atoms with Gasteiger partial charge in [-0.2, -0.15) is 5.11 Å². The molecule has 2 N–H and O–H groups in total. The molecule has 6 heteroatoms. The molecule has 116 valence electrons. The summed E-state index contributed by atoms with van der Waals surface area (Å²) >= 11 is 0. The number of hydrogen-bond acceptors (Lipinski definition) is 3. The Balaban J connectivity index is 1.62. The molecule has 0 aromatic heterocycles. The summed E-state index contributed by atoms with van der Waals surface area (Å²) in [6, 6.07) is 14.0. The predicted octanol–water partition coefficient (Wildman–Crippen LogP) is 3.46. The Labute approximate surface area is 133 Å². The van der Waals surface area contributed by atoms with E-state index >= 15 is 0 Å². The molecular formula is C17H16N4O2. The van der Waals surface area contributed by atoms with Gasteiger partial charge in [0.05, 0.1) is 0 Å². The molecule has 0 aliphatic carbocycles. The van der Waals surface area contributed by atoms with Crippen molar-refractivity contribution in [1.82, 2.24) is 5.32 Å². The van der Waals surface area contributed by atoms with Crippen molar-refractivity contribution in [3.05, 3.63) is 65.2 Å². The second-order valence-corrected chi connectivity index (χ2v) is 5.32. The Kier molecular flexibility index (Phi) is 4.14. The number of carbonyl (C=O) groups is 2. The minimum atomic E-state index is -0.354. The van der Waals surface area contributed by atoms with Gasteiger partial charge in [-0.3, -0.25) is 4.79 Å². The number of nitrogens with zero attached hydrogens (tertiary/aromatic N) is 2. The lowest BCUT2D eigenvalue weighted by molar-refractivity contribution is 0.0985. The number of fused-ring (bicyclic) bond motifs is 1. The SMILES string of the molecule is Cc1ccc(NC(=O)NCC2N=NC(=O)c3ccccc32)cc1. The van der Waals surface area contributed by atoms with Crippen molar-refractivity contribution in [2.45, 2.75) is 13.0 Å². The van der Waals surface area contributed by atoms with E-state index in [1.165, 1.54) is 0 Å². The number of benzene rings is 2. The third kappa shape index (κ3) is 3.42. The maximum absolute atomic E-state index is 12.0. The first-order chi connectivity index (χ1) is 11.1. The van der Waals surface area contributed by atoms with Crippen LogP contribution in [0.4, 0.5) is 10.5 Å². The molecule has 3 amide bonds. The van der Waals surface area contributed by atoms with Crippen LogP contribution in [0.2, 0.25) is 0 Å². The van der Waals surface area contributed by atoms with Gasteiger partial charge < -0.3 is 10.6 Å². The molecular weight excluding hydrogens is 292 g/mol. The van der Waals surface area contributed by atoms with E-state index in [1.54, 1.807) is 12.1 Å². The highest BCUT2D eigenvalue weighted by Crippen LogP contribution is 2.26. The molecule has 6 nitrogen and oxygen atoms in total. The second kappa shape index (κ2) is 6.39. The van der Waals surface area contributed by atoms with Crippen LogP contribution in [0.3, 0.4) is 0 Å². The molecule has 0 radical (unpaired) electrons. The number of rotatable bonds is 3. The van der Waals surface area contributed by atoms with Crippen LogP contribution in [0.1, 0.15) is 27.5 Å². The van der Waals surface area contributed by atoms with Crippen molar-refractivity contribution in [2.24, 2.45) is 10.2 Å². The standard InChI is InChI=1S/C17H16N4O2/c1-11-6-8-12(9-7-11)19-17(23)18-10-15-13-4-2-3-5-14(13)16(22)21-20-15/h2-9,15H,10H2,1H3,(H2,18,19,23). The average Bonchev–Trinajstić information content (AvgIpc) is 2.57. The molecule has 3 rings (SSSR count). The molecule has 23 heavy (non-hydrogen) atoms. The first kappa shape index (κ1) is 14.9. The first-order valence-corrected chi connectivity index (χ1v) is 7.29. The highest BCUT2D eigenvalue weighted by molar-refractivity contribution is 5.97. The normalized spacial score (nSPS) is 15.9. The van der Waals surface area contributed by atoms with E-state index in [2.05, 4.69) is 20.9 Å². The minimum Gasteiger partial charge on any atom is -0.335 e. The molecule has 0 saturated heterocycles. The first-order valence-electron chi connectivity index (χ1n) is 7.29. The second-order valence-electron chi connectivity index (χ2n) is 5.32. The van der Waals surface area contributed by atoms with Crippen molar-refractivity contribution in [3.8, 4) is 0 Å². The fourth-order valence-electron chi connectivity index (χ4n) is 2.37. The summed E-state index contributed by atoms with van der Waals surface area (Å²) < 4.78 is 0. The zero-order chi connectivity index (χ0) is 16.2. The predicted molar refractivity (Wildman–Crippen MR) is 86.6 cm³/mol. The van der Waals surface area contributed by atoms with Crippen molar-refractivity contribution < 1.29 is 9.59 Å². The number of aryl methyl sites for hydroxylation is 1. The van der Waals surface area contributed by atoms with Gasteiger partial charge in [0.2, 0.25) is 0 Å². The summed E-state index contributed by atoms with van der Waals surface area (Å²) in [5, 5.41) is 13.1. The van der Waals surface area contributed by atoms with Crippen LogP contribution in [-0.4, -0.2) is 18.5 Å². The fraction of sp³-hybridized carbons (Fsp3) is 0.176. The van der Waals surface area contributed by atoms with Gasteiger partial charge in [-0.25, -0.2) is 4.79 Å². The van der Waals surface area contributed by atoms with E-state index in [0.717, 1.165) is 11.1 Å². The lowest BCUT2D eigenvalue weighted by Crippen LogP contribution is -2.32. The van der Waals surface area contributed by atoms with Crippen molar-refractivity contribution in [2.75, 3.05) is 11.9 Å². The van der Waals surface area contributed by atoms with Crippen LogP contribution >= 0.6 is 0 Å². The molecule has 2 aromatic carbocycles. The molecule has 2 aromatic rings. The van der Waals surface area contributed by atoms with Crippen LogP contribution in [0, 0.1) is 6.92 Å². The Morgan fingerprint density at radius 3 is 2.65 bits per heavy atom. The summed E-state index contributed by atoms with van der Waals surface area (Å²) in [5.74, 6) is -0.346. The Morgan fingerprint density at radius 1 is 1.13 bits per heavy atom. The maximum atomic E-state index is 12.0. The quantitative estimate of drug-likeness (QED) is 0.910. The third-order valence-electron chi connectivity index (χ3n) is 3.60. The van der Waals surface area contributed by atoms with Crippen LogP contribution in [-0.2, 0) is 0 Å². The number of carbonyl (C=O) groups excluding carboxylic acids is 2. The number of urea groups is 1. The van der Waals surface area contributed by atoms with Crippen LogP contribution < -0.4 is 10.6 Å². The highest BCUT2D eigenvalue weighted by Gasteiger charge is 2.23. The third-order valence-corrected chi connectivity index (χ3v) is 3.60. The van der Waals surface area contributed by atoms with Gasteiger partial charge in [0.1, 0.15) is 6.04 Å². The number of nitrogens with one attached hydrogen (secondary N) is 2. The van der Waals surface area contributed by atoms with E-state index in [9.17, 15) is 9.59 Å². The Bertz CT molecular complexity index is 768. The summed E-state index contributed by atoms with van der Waals surface area (Å²) in [7, 11) is 0. The molecule has 1 unspecified atom stereocenters. The van der Waals surface area contributed by atoms with E-state index in [4.69, 9.17) is 0 Å². The molecule has 0 spiro atoms. The van der Waals surface area contributed by atoms with Gasteiger partial charge >= 0.3 is 6.03 Å². The van der Waals surface area contributed by atoms with Gasteiger partial charge in [0, 0.05) is 17.8 Å². The van der Waals surface area contributed by atoms with E-state index in [-0.39, 0.29) is 24.5 Å². The average molecular weight is 308 g/mol. The van der Waals surface area contributed by atoms with E-state index < -0.39 is 0 Å². The monoisotopic (exact) mass is 308 g/mol. The topological polar surface area (TPSA) is 82.9 Å². The Hall–Kier alpha value is -3.02. The lowest BCUT2D eigenvalue weighted by Gasteiger charge is -2.18. The molecule has 0 saturated carbocycles. The summed E-state index contributed by atoms with van der Waals surface area (Å²) in [6.07, 6.45) is 0. The van der Waals surface area contributed by atoms with E-state index in [1.807, 2.05) is 43.3 Å². The highest BCUT2D eigenvalue weighted by atomic mass is 16.2. The van der Waals surface area contributed by atoms with E-state index in [0.29, 0.717) is 11.3 Å². The van der Waals surface area contributed by atoms with Crippen molar-refractivity contribution >= 4 is 17.6 Å². The number of anilines is 1. The molecule has 0 bridgehead atoms. The van der Waals surface area contributed by atoms with Crippen LogP contribution in [0.5, 0.6) is 0 Å². The lowest BCUT2D eigenvalue weighted by atomic mass is 9.99. The van der Waals surface area contributed by atoms with Crippen molar-refractivity contribution in [3.63, 3.8) is 0 Å². The largest absolute Gasteiger partial charge is 0.335 e. The van der Waals surface area contributed by atoms with Gasteiger partial charge in [-0.1, -0.05) is 35.9 Å². The number of azo groups is 1. The van der Waals surface area contributed by atoms with Crippen LogP contribution in [0.25, 0.3) is 0 Å². The number of hydrogen-bond donors (Lipinski definition) is 2. The summed E-state index contributed by atoms with van der Waals surface area (Å²) in [6.45, 7) is 2.25. The van der Waals surface area contributed by atoms with Gasteiger partial charge in [-0.05, 0) is 30.7 Å². The van der Waals surface area contributed by atoms with Gasteiger partial charge in [-0.15, -0.1) is 5.11 Å². The molecule has 1 aliphatic rings. The molecule has 1 aliphatic heterocycles. The Morgan fingerprint density at radius 2 is 1.87 bits per heavy atom. The molecule has 1 heterocycles. The molecule has 0 fully saturated rings. The van der Waals surface area contributed by atoms with Crippen molar-refractivity contribution in [1.29, 1.82) is 0 Å². The smallest absolute Gasteiger partial charge is 0.319 e. The van der Waals surface area contributed by atoms with Crippen LogP contribution in [0.15, 0.2) is 58.8 Å². The van der Waals surface area contributed by atoms with Gasteiger partial charge in [0.15, 0.2) is 0 Å². The fourth-order valence-corrected chi connectivity index (χ4v) is 2.37. The number of amides is 3. The zero-order valence-corrected chi connectivity index (χ0v) is 12.6. The minimum absolute atomic E-state index is 0.269. The van der Waals surface area contributed by atoms with Gasteiger partial charge in [0.25, 0.3) is 5.91 Å². The summed E-state index contributed by atoms with van der Waals surface area (Å²) in [4.78, 5) is 23.6. The molecule has 1 atom stereocenters. The zero-order valence-electron chi connectivity index (χ0n) is 12.6. The maximum Gasteiger partial charge on any atom is 0.319 e. The summed E-state index contributed by atoms with van der Waals surface area (Å²) in [5.41, 5.74) is 3.16.